The average molecular weight is 508 g/mol. The molecule has 162 valence electrons. The van der Waals surface area contributed by atoms with Gasteiger partial charge < -0.3 is 4.74 Å². The Morgan fingerprint density at radius 2 is 1.78 bits per heavy atom. The molecule has 7 heteroatoms. The highest BCUT2D eigenvalue weighted by molar-refractivity contribution is 9.10. The molecule has 0 N–H and O–H groups in total. The summed E-state index contributed by atoms with van der Waals surface area (Å²) in [5, 5.41) is 11.6. The molecule has 0 amide bonds. The number of rotatable bonds is 7. The molecular weight excluding hydrogens is 486 g/mol. The highest BCUT2D eigenvalue weighted by Gasteiger charge is 2.26. The van der Waals surface area contributed by atoms with E-state index >= 15 is 0 Å². The minimum absolute atomic E-state index is 0.153. The third-order valence-electron chi connectivity index (χ3n) is 5.68. The van der Waals surface area contributed by atoms with Gasteiger partial charge in [0.25, 0.3) is 0 Å². The highest BCUT2D eigenvalue weighted by Crippen LogP contribution is 2.44. The molecule has 0 spiro atoms. The number of nitrogens with zero attached hydrogens (tertiary/aromatic N) is 3. The van der Waals surface area contributed by atoms with E-state index in [-0.39, 0.29) is 17.8 Å². The van der Waals surface area contributed by atoms with Crippen molar-refractivity contribution in [2.75, 3.05) is 5.75 Å². The fourth-order valence-electron chi connectivity index (χ4n) is 3.95. The summed E-state index contributed by atoms with van der Waals surface area (Å²) in [6, 6.07) is 22.5. The van der Waals surface area contributed by atoms with Crippen molar-refractivity contribution in [3.63, 3.8) is 0 Å². The Labute approximate surface area is 199 Å². The van der Waals surface area contributed by atoms with Gasteiger partial charge in [0, 0.05) is 5.39 Å². The van der Waals surface area contributed by atoms with Gasteiger partial charge in [-0.05, 0) is 64.2 Å². The number of ether oxygens (including phenoxy) is 1. The van der Waals surface area contributed by atoms with Gasteiger partial charge in [-0.2, -0.15) is 0 Å². The predicted octanol–water partition coefficient (Wildman–Crippen LogP) is 6.46. The number of thioether (sulfide) groups is 1. The molecule has 32 heavy (non-hydrogen) atoms. The first-order valence-electron chi connectivity index (χ1n) is 10.6. The van der Waals surface area contributed by atoms with Crippen molar-refractivity contribution in [1.29, 1.82) is 0 Å². The SMILES string of the molecule is C[C@@H](OC(=O)CSc1nnc(Br)n1-c1ccc(C2CC2)c2ccccc12)c1ccccc1. The van der Waals surface area contributed by atoms with Gasteiger partial charge in [0.2, 0.25) is 4.73 Å². The van der Waals surface area contributed by atoms with Gasteiger partial charge in [-0.3, -0.25) is 9.36 Å². The third kappa shape index (κ3) is 4.32. The summed E-state index contributed by atoms with van der Waals surface area (Å²) in [5.74, 6) is 0.528. The largest absolute Gasteiger partial charge is 0.457 e. The number of aromatic nitrogens is 3. The third-order valence-corrected chi connectivity index (χ3v) is 7.10. The molecule has 1 heterocycles. The van der Waals surface area contributed by atoms with Crippen LogP contribution in [0, 0.1) is 0 Å². The Morgan fingerprint density at radius 1 is 1.06 bits per heavy atom. The standard InChI is InChI=1S/C25H22BrN3O2S/c1-16(17-7-3-2-4-8-17)31-23(30)15-32-25-28-27-24(26)29(25)22-14-13-19(18-11-12-18)20-9-5-6-10-21(20)22/h2-10,13-14,16,18H,11-12,15H2,1H3/t16-/m1/s1. The molecule has 1 aliphatic carbocycles. The number of hydrogen-bond acceptors (Lipinski definition) is 5. The van der Waals surface area contributed by atoms with Gasteiger partial charge in [-0.25, -0.2) is 0 Å². The van der Waals surface area contributed by atoms with Crippen molar-refractivity contribution in [2.45, 2.75) is 36.9 Å². The van der Waals surface area contributed by atoms with E-state index in [1.807, 2.05) is 41.8 Å². The maximum Gasteiger partial charge on any atom is 0.316 e. The molecule has 1 aromatic heterocycles. The van der Waals surface area contributed by atoms with Crippen LogP contribution >= 0.6 is 27.7 Å². The number of halogens is 1. The van der Waals surface area contributed by atoms with Crippen molar-refractivity contribution in [3.8, 4) is 5.69 Å². The monoisotopic (exact) mass is 507 g/mol. The van der Waals surface area contributed by atoms with E-state index in [2.05, 4.69) is 62.5 Å². The predicted molar refractivity (Wildman–Crippen MR) is 130 cm³/mol. The Kier molecular flexibility index (Phi) is 6.02. The smallest absolute Gasteiger partial charge is 0.316 e. The molecule has 1 saturated carbocycles. The second kappa shape index (κ2) is 9.08. The first-order chi connectivity index (χ1) is 15.6. The zero-order valence-corrected chi connectivity index (χ0v) is 20.0. The molecule has 0 unspecified atom stereocenters. The molecule has 0 aliphatic heterocycles. The quantitative estimate of drug-likeness (QED) is 0.212. The molecule has 1 fully saturated rings. The Hall–Kier alpha value is -2.64. The number of esters is 1. The van der Waals surface area contributed by atoms with Crippen LogP contribution in [0.3, 0.4) is 0 Å². The van der Waals surface area contributed by atoms with Crippen molar-refractivity contribution in [2.24, 2.45) is 0 Å². The molecule has 0 saturated heterocycles. The van der Waals surface area contributed by atoms with Crippen LogP contribution in [0.5, 0.6) is 0 Å². The van der Waals surface area contributed by atoms with Gasteiger partial charge in [0.1, 0.15) is 6.10 Å². The maximum atomic E-state index is 12.5. The Balaban J connectivity index is 1.38. The van der Waals surface area contributed by atoms with E-state index < -0.39 is 0 Å². The van der Waals surface area contributed by atoms with Crippen LogP contribution < -0.4 is 0 Å². The lowest BCUT2D eigenvalue weighted by Crippen LogP contribution is -2.11. The lowest BCUT2D eigenvalue weighted by Gasteiger charge is -2.15. The van der Waals surface area contributed by atoms with Crippen molar-refractivity contribution in [3.05, 3.63) is 82.6 Å². The topological polar surface area (TPSA) is 57.0 Å². The molecule has 5 nitrogen and oxygen atoms in total. The first kappa shape index (κ1) is 21.2. The highest BCUT2D eigenvalue weighted by atomic mass is 79.9. The van der Waals surface area contributed by atoms with Gasteiger partial charge in [0.15, 0.2) is 5.16 Å². The molecule has 0 radical (unpaired) electrons. The molecule has 5 rings (SSSR count). The second-order valence-corrected chi connectivity index (χ2v) is 9.56. The van der Waals surface area contributed by atoms with Crippen LogP contribution in [-0.4, -0.2) is 26.5 Å². The minimum atomic E-state index is -0.298. The summed E-state index contributed by atoms with van der Waals surface area (Å²) >= 11 is 4.86. The van der Waals surface area contributed by atoms with Crippen molar-refractivity contribution >= 4 is 44.4 Å². The molecule has 1 aliphatic rings. The number of carbonyl (C=O) groups excluding carboxylic acids is 1. The van der Waals surface area contributed by atoms with Crippen LogP contribution in [-0.2, 0) is 9.53 Å². The molecule has 4 aromatic rings. The van der Waals surface area contributed by atoms with Crippen LogP contribution in [0.25, 0.3) is 16.5 Å². The van der Waals surface area contributed by atoms with Crippen LogP contribution in [0.2, 0.25) is 0 Å². The van der Waals surface area contributed by atoms with E-state index in [1.165, 1.54) is 35.6 Å². The number of fused-ring (bicyclic) bond motifs is 1. The average Bonchev–Trinajstić information content (AvgIpc) is 3.60. The zero-order chi connectivity index (χ0) is 22.1. The normalized spacial score (nSPS) is 14.4. The van der Waals surface area contributed by atoms with E-state index in [0.717, 1.165) is 16.6 Å². The van der Waals surface area contributed by atoms with E-state index in [4.69, 9.17) is 4.74 Å². The van der Waals surface area contributed by atoms with Crippen molar-refractivity contribution in [1.82, 2.24) is 14.8 Å². The number of carbonyl (C=O) groups is 1. The van der Waals surface area contributed by atoms with Crippen LogP contribution in [0.4, 0.5) is 0 Å². The molecule has 0 bridgehead atoms. The first-order valence-corrected chi connectivity index (χ1v) is 12.4. The van der Waals surface area contributed by atoms with Gasteiger partial charge >= 0.3 is 5.97 Å². The number of benzene rings is 3. The van der Waals surface area contributed by atoms with Crippen molar-refractivity contribution < 1.29 is 9.53 Å². The fraction of sp³-hybridized carbons (Fsp3) is 0.240. The maximum absolute atomic E-state index is 12.5. The summed E-state index contributed by atoms with van der Waals surface area (Å²) in [7, 11) is 0. The summed E-state index contributed by atoms with van der Waals surface area (Å²) in [6.07, 6.45) is 2.21. The number of hydrogen-bond donors (Lipinski definition) is 0. The van der Waals surface area contributed by atoms with Crippen LogP contribution in [0.1, 0.15) is 42.9 Å². The summed E-state index contributed by atoms with van der Waals surface area (Å²) in [6.45, 7) is 1.88. The molecule has 1 atom stereocenters. The van der Waals surface area contributed by atoms with E-state index in [0.29, 0.717) is 15.8 Å². The van der Waals surface area contributed by atoms with E-state index in [1.54, 1.807) is 0 Å². The Morgan fingerprint density at radius 3 is 2.53 bits per heavy atom. The minimum Gasteiger partial charge on any atom is -0.457 e. The Bertz CT molecular complexity index is 1270. The second-order valence-electron chi connectivity index (χ2n) is 7.91. The fourth-order valence-corrected chi connectivity index (χ4v) is 5.23. The zero-order valence-electron chi connectivity index (χ0n) is 17.6. The van der Waals surface area contributed by atoms with Crippen LogP contribution in [0.15, 0.2) is 76.6 Å². The molecule has 3 aromatic carbocycles. The molecular formula is C25H22BrN3O2S. The summed E-state index contributed by atoms with van der Waals surface area (Å²) < 4.78 is 8.16. The lowest BCUT2D eigenvalue weighted by atomic mass is 9.99. The lowest BCUT2D eigenvalue weighted by molar-refractivity contribution is -0.145. The van der Waals surface area contributed by atoms with E-state index in [9.17, 15) is 4.79 Å². The summed E-state index contributed by atoms with van der Waals surface area (Å²) in [4.78, 5) is 12.5. The van der Waals surface area contributed by atoms with Gasteiger partial charge in [0.05, 0.1) is 11.4 Å². The summed E-state index contributed by atoms with van der Waals surface area (Å²) in [5.41, 5.74) is 3.37. The van der Waals surface area contributed by atoms with Gasteiger partial charge in [-0.15, -0.1) is 10.2 Å². The van der Waals surface area contributed by atoms with Gasteiger partial charge in [-0.1, -0.05) is 72.4 Å².